The van der Waals surface area contributed by atoms with Gasteiger partial charge in [-0.15, -0.1) is 0 Å². The zero-order chi connectivity index (χ0) is 28.2. The average molecular weight is 554 g/mol. The molecule has 0 saturated carbocycles. The van der Waals surface area contributed by atoms with E-state index in [1.165, 1.54) is 0 Å². The molecule has 1 saturated heterocycles. The molecule has 2 aromatic carbocycles. The number of aliphatic carboxylic acids is 1. The number of amides is 2. The van der Waals surface area contributed by atoms with Crippen molar-refractivity contribution < 1.29 is 19.5 Å². The lowest BCUT2D eigenvalue weighted by molar-refractivity contribution is -0.143. The zero-order valence-corrected chi connectivity index (χ0v) is 22.0. The molecule has 40 heavy (non-hydrogen) atoms. The number of halogens is 1. The summed E-state index contributed by atoms with van der Waals surface area (Å²) in [5.41, 5.74) is 6.24. The van der Waals surface area contributed by atoms with Crippen LogP contribution in [0.5, 0.6) is 0 Å². The van der Waals surface area contributed by atoms with Gasteiger partial charge in [0.05, 0.1) is 27.7 Å². The molecule has 5 rings (SSSR count). The van der Waals surface area contributed by atoms with E-state index < -0.39 is 17.8 Å². The van der Waals surface area contributed by atoms with Crippen molar-refractivity contribution in [2.24, 2.45) is 11.8 Å². The number of carbonyl (C=O) groups is 3. The number of nitrogens with one attached hydrogen (secondary N) is 1. The number of carboxylic acids is 1. The van der Waals surface area contributed by atoms with Crippen molar-refractivity contribution in [1.82, 2.24) is 20.3 Å². The number of piperidine rings is 1. The Labute approximate surface area is 235 Å². The highest BCUT2D eigenvalue weighted by Crippen LogP contribution is 2.25. The van der Waals surface area contributed by atoms with Gasteiger partial charge >= 0.3 is 5.97 Å². The third-order valence-corrected chi connectivity index (χ3v) is 7.09. The van der Waals surface area contributed by atoms with Crippen LogP contribution in [0.15, 0.2) is 67.0 Å². The van der Waals surface area contributed by atoms with Crippen molar-refractivity contribution in [3.63, 3.8) is 0 Å². The van der Waals surface area contributed by atoms with E-state index >= 15 is 0 Å². The van der Waals surface area contributed by atoms with Gasteiger partial charge in [-0.1, -0.05) is 35.6 Å². The van der Waals surface area contributed by atoms with Gasteiger partial charge in [-0.3, -0.25) is 24.8 Å². The summed E-state index contributed by atoms with van der Waals surface area (Å²) >= 11 is 6.44. The fourth-order valence-corrected chi connectivity index (χ4v) is 4.87. The fourth-order valence-electron chi connectivity index (χ4n) is 4.64. The number of carboxylic acid groups (broad SMARTS) is 1. The van der Waals surface area contributed by atoms with Crippen LogP contribution in [-0.2, 0) is 4.79 Å². The molecule has 0 aliphatic carbocycles. The molecule has 10 heteroatoms. The van der Waals surface area contributed by atoms with Gasteiger partial charge in [0.2, 0.25) is 0 Å². The highest BCUT2D eigenvalue weighted by atomic mass is 35.5. The maximum absolute atomic E-state index is 12.9. The number of carbonyl (C=O) groups excluding carboxylic acids is 2. The summed E-state index contributed by atoms with van der Waals surface area (Å²) in [4.78, 5) is 46.9. The fraction of sp³-hybridized carbons (Fsp3) is 0.167. The number of hydrazine groups is 1. The maximum Gasteiger partial charge on any atom is 0.308 e. The van der Waals surface area contributed by atoms with Gasteiger partial charge in [0, 0.05) is 53.1 Å². The molecule has 1 unspecified atom stereocenters. The second kappa shape index (κ2) is 11.5. The molecule has 0 bridgehead atoms. The van der Waals surface area contributed by atoms with Gasteiger partial charge in [-0.2, -0.15) is 0 Å². The lowest BCUT2D eigenvalue weighted by atomic mass is 9.97. The molecule has 0 radical (unpaired) electrons. The molecule has 4 N–H and O–H groups in total. The number of benzene rings is 2. The van der Waals surface area contributed by atoms with Crippen molar-refractivity contribution in [3.05, 3.63) is 94.3 Å². The molecule has 1 atom stereocenters. The van der Waals surface area contributed by atoms with E-state index in [1.54, 1.807) is 47.6 Å². The highest BCUT2D eigenvalue weighted by Gasteiger charge is 2.28. The minimum absolute atomic E-state index is 0.191. The Bertz CT molecular complexity index is 1690. The molecule has 1 aliphatic heterocycles. The lowest BCUT2D eigenvalue weighted by Gasteiger charge is -2.30. The van der Waals surface area contributed by atoms with Crippen LogP contribution in [0.3, 0.4) is 0 Å². The molecule has 9 nitrogen and oxygen atoms in total. The summed E-state index contributed by atoms with van der Waals surface area (Å²) in [5.74, 6) is 9.36. The number of hydrogen-bond donors (Lipinski definition) is 3. The van der Waals surface area contributed by atoms with Crippen molar-refractivity contribution in [1.29, 1.82) is 0 Å². The first-order chi connectivity index (χ1) is 19.3. The Balaban J connectivity index is 1.34. The molecule has 1 fully saturated rings. The molecular weight excluding hydrogens is 530 g/mol. The van der Waals surface area contributed by atoms with Crippen molar-refractivity contribution in [2.45, 2.75) is 12.8 Å². The minimum atomic E-state index is -0.885. The Morgan fingerprint density at radius 1 is 1.07 bits per heavy atom. The van der Waals surface area contributed by atoms with E-state index in [-0.39, 0.29) is 12.5 Å². The number of hydrogen-bond acceptors (Lipinski definition) is 6. The quantitative estimate of drug-likeness (QED) is 0.151. The van der Waals surface area contributed by atoms with E-state index in [2.05, 4.69) is 27.2 Å². The lowest BCUT2D eigenvalue weighted by Crippen LogP contribution is -2.42. The summed E-state index contributed by atoms with van der Waals surface area (Å²) in [6, 6.07) is 15.7. The van der Waals surface area contributed by atoms with Gasteiger partial charge in [-0.25, -0.2) is 10.8 Å². The van der Waals surface area contributed by atoms with Crippen LogP contribution in [-0.4, -0.2) is 50.8 Å². The van der Waals surface area contributed by atoms with Gasteiger partial charge in [0.1, 0.15) is 0 Å². The van der Waals surface area contributed by atoms with E-state index in [1.807, 2.05) is 24.3 Å². The first kappa shape index (κ1) is 26.8. The topological polar surface area (TPSA) is 139 Å². The molecule has 3 heterocycles. The van der Waals surface area contributed by atoms with Crippen LogP contribution in [0.25, 0.3) is 22.2 Å². The summed E-state index contributed by atoms with van der Waals surface area (Å²) in [5, 5.41) is 10.2. The molecular formula is C30H24ClN5O4. The number of rotatable bonds is 4. The average Bonchev–Trinajstić information content (AvgIpc) is 2.99. The van der Waals surface area contributed by atoms with Crippen LogP contribution >= 0.6 is 11.6 Å². The van der Waals surface area contributed by atoms with Crippen LogP contribution in [0.2, 0.25) is 5.02 Å². The first-order valence-electron chi connectivity index (χ1n) is 12.5. The number of fused-ring (bicyclic) bond motifs is 1. The Morgan fingerprint density at radius 2 is 1.88 bits per heavy atom. The van der Waals surface area contributed by atoms with Crippen LogP contribution in [0.1, 0.15) is 44.7 Å². The molecule has 2 aromatic heterocycles. The standard InChI is InChI=1S/C30H24ClN5O4/c31-25-14-21(29(38)36-13-1-2-22(17-36)30(39)40)10-9-19(25)6-3-18-4-7-20(8-5-18)27-15-23(28(37)35-32)24-16-33-12-11-26(24)34-27/h4-5,7-12,14-16,22H,1-2,13,17,32H2,(H,35,37)(H,39,40). The predicted molar refractivity (Wildman–Crippen MR) is 150 cm³/mol. The number of nitrogen functional groups attached to an aromatic ring is 1. The second-order valence-electron chi connectivity index (χ2n) is 9.37. The van der Waals surface area contributed by atoms with Gasteiger partial charge < -0.3 is 10.0 Å². The first-order valence-corrected chi connectivity index (χ1v) is 12.9. The SMILES string of the molecule is NNC(=O)c1cc(-c2ccc(C#Cc3ccc(C(=O)N4CCCC(C(=O)O)C4)cc3Cl)cc2)nc2ccncc12. The molecule has 0 spiro atoms. The number of nitrogens with two attached hydrogens (primary N) is 1. The molecule has 2 amide bonds. The molecule has 1 aliphatic rings. The van der Waals surface area contributed by atoms with Gasteiger partial charge in [-0.05, 0) is 55.3 Å². The van der Waals surface area contributed by atoms with Crippen LogP contribution < -0.4 is 11.3 Å². The monoisotopic (exact) mass is 553 g/mol. The van der Waals surface area contributed by atoms with Crippen molar-refractivity contribution in [2.75, 3.05) is 13.1 Å². The van der Waals surface area contributed by atoms with Gasteiger partial charge in [0.25, 0.3) is 11.8 Å². The van der Waals surface area contributed by atoms with Crippen molar-refractivity contribution in [3.8, 4) is 23.1 Å². The highest BCUT2D eigenvalue weighted by molar-refractivity contribution is 6.32. The third kappa shape index (κ3) is 5.64. The Morgan fingerprint density at radius 3 is 2.60 bits per heavy atom. The summed E-state index contributed by atoms with van der Waals surface area (Å²) in [6.45, 7) is 0.710. The van der Waals surface area contributed by atoms with Gasteiger partial charge in [0.15, 0.2) is 0 Å². The number of likely N-dealkylation sites (tertiary alicyclic amines) is 1. The number of aromatic nitrogens is 2. The largest absolute Gasteiger partial charge is 0.481 e. The van der Waals surface area contributed by atoms with E-state index in [9.17, 15) is 19.5 Å². The zero-order valence-electron chi connectivity index (χ0n) is 21.2. The Hall–Kier alpha value is -4.78. The summed E-state index contributed by atoms with van der Waals surface area (Å²) < 4.78 is 0. The molecule has 200 valence electrons. The van der Waals surface area contributed by atoms with Crippen LogP contribution in [0.4, 0.5) is 0 Å². The van der Waals surface area contributed by atoms with E-state index in [0.717, 1.165) is 11.1 Å². The second-order valence-corrected chi connectivity index (χ2v) is 9.78. The summed E-state index contributed by atoms with van der Waals surface area (Å²) in [6.07, 6.45) is 4.40. The number of nitrogens with zero attached hydrogens (tertiary/aromatic N) is 3. The summed E-state index contributed by atoms with van der Waals surface area (Å²) in [7, 11) is 0. The predicted octanol–water partition coefficient (Wildman–Crippen LogP) is 3.89. The normalized spacial score (nSPS) is 14.8. The van der Waals surface area contributed by atoms with E-state index in [4.69, 9.17) is 17.4 Å². The number of pyridine rings is 2. The minimum Gasteiger partial charge on any atom is -0.481 e. The maximum atomic E-state index is 12.9. The van der Waals surface area contributed by atoms with Crippen LogP contribution in [0, 0.1) is 17.8 Å². The third-order valence-electron chi connectivity index (χ3n) is 6.78. The van der Waals surface area contributed by atoms with E-state index in [0.29, 0.717) is 57.7 Å². The Kier molecular flexibility index (Phi) is 7.73. The smallest absolute Gasteiger partial charge is 0.308 e. The van der Waals surface area contributed by atoms with Crippen molar-refractivity contribution >= 4 is 40.3 Å². The molecule has 4 aromatic rings.